The molecule has 2 N–H and O–H groups in total. The van der Waals surface area contributed by atoms with Crippen molar-refractivity contribution in [3.8, 4) is 12.3 Å². The van der Waals surface area contributed by atoms with Gasteiger partial charge in [0, 0.05) is 18.2 Å². The van der Waals surface area contributed by atoms with Crippen LogP contribution in [-0.4, -0.2) is 30.3 Å². The van der Waals surface area contributed by atoms with Crippen molar-refractivity contribution in [2.24, 2.45) is 5.73 Å². The van der Waals surface area contributed by atoms with Gasteiger partial charge in [-0.25, -0.2) is 0 Å². The molecule has 1 aromatic carbocycles. The van der Waals surface area contributed by atoms with Crippen LogP contribution in [0.1, 0.15) is 26.3 Å². The summed E-state index contributed by atoms with van der Waals surface area (Å²) in [6.07, 6.45) is 5.14. The number of aryl methyl sites for hydroxylation is 1. The van der Waals surface area contributed by atoms with Gasteiger partial charge >= 0.3 is 0 Å². The Hall–Kier alpha value is -2.28. The average Bonchev–Trinajstić information content (AvgIpc) is 2.27. The van der Waals surface area contributed by atoms with Crippen molar-refractivity contribution in [3.05, 3.63) is 34.9 Å². The van der Waals surface area contributed by atoms with Crippen LogP contribution in [0.3, 0.4) is 0 Å². The van der Waals surface area contributed by atoms with E-state index in [4.69, 9.17) is 12.2 Å². The molecule has 2 amide bonds. The van der Waals surface area contributed by atoms with Crippen molar-refractivity contribution in [2.75, 3.05) is 13.6 Å². The zero-order valence-electron chi connectivity index (χ0n) is 9.86. The van der Waals surface area contributed by atoms with Gasteiger partial charge < -0.3 is 10.6 Å². The molecule has 0 bridgehead atoms. The molecule has 0 radical (unpaired) electrons. The Kier molecular flexibility index (Phi) is 3.89. The summed E-state index contributed by atoms with van der Waals surface area (Å²) in [6.45, 7) is 2.02. The molecule has 1 rings (SSSR count). The van der Waals surface area contributed by atoms with E-state index in [-0.39, 0.29) is 12.5 Å². The molecule has 17 heavy (non-hydrogen) atoms. The minimum Gasteiger partial charge on any atom is -0.366 e. The van der Waals surface area contributed by atoms with Crippen LogP contribution in [0.15, 0.2) is 18.2 Å². The number of carbonyl (C=O) groups excluding carboxylic acids is 2. The van der Waals surface area contributed by atoms with Crippen LogP contribution >= 0.6 is 0 Å². The maximum Gasteiger partial charge on any atom is 0.254 e. The zero-order chi connectivity index (χ0) is 13.0. The number of amides is 2. The second-order valence-electron chi connectivity index (χ2n) is 3.82. The SMILES string of the molecule is C#CCN(C)C(=O)c1cc(C)cc(C(N)=O)c1. The number of carbonyl (C=O) groups is 2. The first kappa shape index (κ1) is 12.8. The first-order chi connectivity index (χ1) is 7.95. The molecule has 4 nitrogen and oxygen atoms in total. The number of hydrogen-bond acceptors (Lipinski definition) is 2. The highest BCUT2D eigenvalue weighted by Gasteiger charge is 2.13. The molecule has 0 heterocycles. The number of rotatable bonds is 3. The number of primary amides is 1. The van der Waals surface area contributed by atoms with Crippen molar-refractivity contribution >= 4 is 11.8 Å². The largest absolute Gasteiger partial charge is 0.366 e. The highest BCUT2D eigenvalue weighted by Crippen LogP contribution is 2.11. The van der Waals surface area contributed by atoms with E-state index in [1.807, 2.05) is 0 Å². The topological polar surface area (TPSA) is 63.4 Å². The third-order valence-electron chi connectivity index (χ3n) is 2.28. The molecule has 88 valence electrons. The summed E-state index contributed by atoms with van der Waals surface area (Å²) in [6, 6.07) is 4.81. The number of nitrogens with two attached hydrogens (primary N) is 1. The van der Waals surface area contributed by atoms with Gasteiger partial charge in [0.2, 0.25) is 5.91 Å². The van der Waals surface area contributed by atoms with E-state index >= 15 is 0 Å². The van der Waals surface area contributed by atoms with Crippen LogP contribution in [-0.2, 0) is 0 Å². The van der Waals surface area contributed by atoms with Crippen LogP contribution in [0.5, 0.6) is 0 Å². The van der Waals surface area contributed by atoms with Crippen LogP contribution in [0, 0.1) is 19.3 Å². The van der Waals surface area contributed by atoms with E-state index < -0.39 is 5.91 Å². The van der Waals surface area contributed by atoms with E-state index in [9.17, 15) is 9.59 Å². The molecule has 0 unspecified atom stereocenters. The number of benzene rings is 1. The quantitative estimate of drug-likeness (QED) is 0.780. The lowest BCUT2D eigenvalue weighted by molar-refractivity contribution is 0.0812. The fourth-order valence-electron chi connectivity index (χ4n) is 1.48. The lowest BCUT2D eigenvalue weighted by Gasteiger charge is -2.14. The van der Waals surface area contributed by atoms with Gasteiger partial charge in [0.1, 0.15) is 0 Å². The first-order valence-electron chi connectivity index (χ1n) is 5.06. The molecule has 4 heteroatoms. The molecule has 1 aromatic rings. The van der Waals surface area contributed by atoms with Gasteiger partial charge in [-0.3, -0.25) is 9.59 Å². The molecule has 0 saturated carbocycles. The van der Waals surface area contributed by atoms with Gasteiger partial charge in [-0.15, -0.1) is 6.42 Å². The normalized spacial score (nSPS) is 9.47. The number of terminal acetylenes is 1. The predicted molar refractivity (Wildman–Crippen MR) is 65.5 cm³/mol. The summed E-state index contributed by atoms with van der Waals surface area (Å²) < 4.78 is 0. The Bertz CT molecular complexity index is 501. The highest BCUT2D eigenvalue weighted by atomic mass is 16.2. The summed E-state index contributed by atoms with van der Waals surface area (Å²) in [7, 11) is 1.61. The van der Waals surface area contributed by atoms with Crippen molar-refractivity contribution in [1.29, 1.82) is 0 Å². The Morgan fingerprint density at radius 1 is 1.35 bits per heavy atom. The fourth-order valence-corrected chi connectivity index (χ4v) is 1.48. The maximum absolute atomic E-state index is 11.9. The smallest absolute Gasteiger partial charge is 0.254 e. The maximum atomic E-state index is 11.9. The van der Waals surface area contributed by atoms with E-state index in [0.29, 0.717) is 11.1 Å². The van der Waals surface area contributed by atoms with E-state index in [1.165, 1.54) is 11.0 Å². The summed E-state index contributed by atoms with van der Waals surface area (Å²) in [4.78, 5) is 24.4. The molecular weight excluding hydrogens is 216 g/mol. The minimum atomic E-state index is -0.553. The van der Waals surface area contributed by atoms with E-state index in [1.54, 1.807) is 26.1 Å². The highest BCUT2D eigenvalue weighted by molar-refractivity contribution is 5.99. The van der Waals surface area contributed by atoms with Crippen LogP contribution in [0.2, 0.25) is 0 Å². The zero-order valence-corrected chi connectivity index (χ0v) is 9.86. The Morgan fingerprint density at radius 3 is 2.47 bits per heavy atom. The second kappa shape index (κ2) is 5.17. The fraction of sp³-hybridized carbons (Fsp3) is 0.231. The standard InChI is InChI=1S/C13H14N2O2/c1-4-5-15(3)13(17)11-7-9(2)6-10(8-11)12(14)16/h1,6-8H,5H2,2-3H3,(H2,14,16). The molecule has 0 aliphatic rings. The van der Waals surface area contributed by atoms with Crippen LogP contribution in [0.25, 0.3) is 0 Å². The van der Waals surface area contributed by atoms with Gasteiger partial charge in [-0.1, -0.05) is 5.92 Å². The Balaban J connectivity index is 3.10. The van der Waals surface area contributed by atoms with Crippen molar-refractivity contribution in [3.63, 3.8) is 0 Å². The van der Waals surface area contributed by atoms with Crippen molar-refractivity contribution in [2.45, 2.75) is 6.92 Å². The second-order valence-corrected chi connectivity index (χ2v) is 3.82. The first-order valence-corrected chi connectivity index (χ1v) is 5.06. The van der Waals surface area contributed by atoms with Gasteiger partial charge in [-0.05, 0) is 30.7 Å². The molecule has 0 spiro atoms. The van der Waals surface area contributed by atoms with Gasteiger partial charge in [0.05, 0.1) is 6.54 Å². The van der Waals surface area contributed by atoms with Crippen LogP contribution < -0.4 is 5.73 Å². The predicted octanol–water partition coefficient (Wildman–Crippen LogP) is 0.799. The minimum absolute atomic E-state index is 0.221. The van der Waals surface area contributed by atoms with E-state index in [2.05, 4.69) is 5.92 Å². The lowest BCUT2D eigenvalue weighted by atomic mass is 10.1. The molecule has 0 aromatic heterocycles. The van der Waals surface area contributed by atoms with Gasteiger partial charge in [-0.2, -0.15) is 0 Å². The number of hydrogen-bond donors (Lipinski definition) is 1. The van der Waals surface area contributed by atoms with Crippen molar-refractivity contribution in [1.82, 2.24) is 4.90 Å². The van der Waals surface area contributed by atoms with Gasteiger partial charge in [0.15, 0.2) is 0 Å². The van der Waals surface area contributed by atoms with Crippen LogP contribution in [0.4, 0.5) is 0 Å². The molecule has 0 aliphatic heterocycles. The Morgan fingerprint density at radius 2 is 1.94 bits per heavy atom. The lowest BCUT2D eigenvalue weighted by Crippen LogP contribution is -2.27. The average molecular weight is 230 g/mol. The summed E-state index contributed by atoms with van der Waals surface area (Å²) in [5, 5.41) is 0. The van der Waals surface area contributed by atoms with Gasteiger partial charge in [0.25, 0.3) is 5.91 Å². The summed E-state index contributed by atoms with van der Waals surface area (Å²) in [5.74, 6) is 1.60. The monoisotopic (exact) mass is 230 g/mol. The molecule has 0 aliphatic carbocycles. The third kappa shape index (κ3) is 3.08. The third-order valence-corrected chi connectivity index (χ3v) is 2.28. The molecular formula is C13H14N2O2. The van der Waals surface area contributed by atoms with Crippen molar-refractivity contribution < 1.29 is 9.59 Å². The number of nitrogens with zero attached hydrogens (tertiary/aromatic N) is 1. The summed E-state index contributed by atoms with van der Waals surface area (Å²) >= 11 is 0. The molecule has 0 atom stereocenters. The summed E-state index contributed by atoms with van der Waals surface area (Å²) in [5.41, 5.74) is 6.73. The Labute approximate surface area is 100 Å². The van der Waals surface area contributed by atoms with E-state index in [0.717, 1.165) is 5.56 Å². The molecule has 0 fully saturated rings. The molecule has 0 saturated heterocycles.